The molecule has 6 nitrogen and oxygen atoms in total. The molecule has 5 aromatic rings. The molecule has 7 heteroatoms. The first kappa shape index (κ1) is 23.6. The molecule has 3 heterocycles. The molecular weight excluding hydrogens is 506 g/mol. The van der Waals surface area contributed by atoms with Crippen LogP contribution in [0.3, 0.4) is 0 Å². The average molecular weight is 532 g/mol. The van der Waals surface area contributed by atoms with Crippen LogP contribution in [0.4, 0.5) is 0 Å². The van der Waals surface area contributed by atoms with E-state index in [4.69, 9.17) is 9.73 Å². The summed E-state index contributed by atoms with van der Waals surface area (Å²) in [5.41, 5.74) is 8.92. The summed E-state index contributed by atoms with van der Waals surface area (Å²) >= 11 is 1.42. The van der Waals surface area contributed by atoms with Crippen LogP contribution in [0.25, 0.3) is 22.7 Å². The second-order valence-electron chi connectivity index (χ2n) is 9.94. The molecule has 1 aliphatic heterocycles. The maximum atomic E-state index is 14.1. The molecule has 1 aliphatic carbocycles. The van der Waals surface area contributed by atoms with Crippen LogP contribution in [-0.4, -0.2) is 22.6 Å². The number of allylic oxidation sites excluding steroid dienone is 1. The largest absolute Gasteiger partial charge is 0.465 e. The Hall–Kier alpha value is -4.49. The van der Waals surface area contributed by atoms with Crippen LogP contribution in [0.1, 0.15) is 50.8 Å². The molecule has 192 valence electrons. The van der Waals surface area contributed by atoms with Gasteiger partial charge in [0.25, 0.3) is 5.56 Å². The number of nitrogens with one attached hydrogen (secondary N) is 1. The molecule has 0 saturated heterocycles. The summed E-state index contributed by atoms with van der Waals surface area (Å²) in [4.78, 5) is 35.4. The van der Waals surface area contributed by atoms with Crippen molar-refractivity contribution < 1.29 is 9.53 Å². The number of ether oxygens (including phenoxy) is 1. The Labute approximate surface area is 228 Å². The van der Waals surface area contributed by atoms with Gasteiger partial charge >= 0.3 is 5.97 Å². The summed E-state index contributed by atoms with van der Waals surface area (Å²) < 4.78 is 7.37. The van der Waals surface area contributed by atoms with Gasteiger partial charge in [-0.05, 0) is 60.7 Å². The van der Waals surface area contributed by atoms with E-state index in [1.807, 2.05) is 54.0 Å². The van der Waals surface area contributed by atoms with E-state index in [9.17, 15) is 9.59 Å². The van der Waals surface area contributed by atoms with Crippen molar-refractivity contribution >= 4 is 40.0 Å². The predicted octanol–water partition coefficient (Wildman–Crippen LogP) is 4.90. The van der Waals surface area contributed by atoms with Gasteiger partial charge in [-0.3, -0.25) is 9.36 Å². The van der Waals surface area contributed by atoms with Gasteiger partial charge in [0, 0.05) is 27.7 Å². The summed E-state index contributed by atoms with van der Waals surface area (Å²) in [5, 5.41) is 1.09. The van der Waals surface area contributed by atoms with Crippen molar-refractivity contribution in [1.82, 2.24) is 9.55 Å². The van der Waals surface area contributed by atoms with Gasteiger partial charge in [-0.15, -0.1) is 0 Å². The number of carbonyl (C=O) groups is 1. The molecule has 0 bridgehead atoms. The highest BCUT2D eigenvalue weighted by Gasteiger charge is 2.32. The first-order chi connectivity index (χ1) is 19.0. The molecule has 0 amide bonds. The number of methoxy groups -OCH3 is 1. The SMILES string of the molecule is COC(=O)c1ccc(C2C3=C(N=c4s/c(=C\c5c(C)[nH]c6ccccc56)c(=O)n42)c2ccccc2CC3)cc1. The lowest BCUT2D eigenvalue weighted by Gasteiger charge is -2.30. The lowest BCUT2D eigenvalue weighted by atomic mass is 9.83. The Kier molecular flexibility index (Phi) is 5.49. The van der Waals surface area contributed by atoms with Gasteiger partial charge in [-0.25, -0.2) is 9.79 Å². The third-order valence-corrected chi connectivity index (χ3v) is 8.72. The number of carbonyl (C=O) groups excluding carboxylic acids is 1. The Bertz CT molecular complexity index is 2010. The highest BCUT2D eigenvalue weighted by Crippen LogP contribution is 2.41. The summed E-state index contributed by atoms with van der Waals surface area (Å²) in [6, 6.07) is 23.6. The summed E-state index contributed by atoms with van der Waals surface area (Å²) in [7, 11) is 1.38. The number of nitrogens with zero attached hydrogens (tertiary/aromatic N) is 2. The van der Waals surface area contributed by atoms with E-state index in [-0.39, 0.29) is 17.6 Å². The maximum Gasteiger partial charge on any atom is 0.337 e. The first-order valence-electron chi connectivity index (χ1n) is 12.9. The Balaban J connectivity index is 1.47. The van der Waals surface area contributed by atoms with Crippen molar-refractivity contribution in [3.05, 3.63) is 132 Å². The molecule has 1 N–H and O–H groups in total. The smallest absolute Gasteiger partial charge is 0.337 e. The summed E-state index contributed by atoms with van der Waals surface area (Å²) in [5.74, 6) is -0.383. The van der Waals surface area contributed by atoms with Crippen LogP contribution < -0.4 is 14.9 Å². The molecule has 0 fully saturated rings. The lowest BCUT2D eigenvalue weighted by Crippen LogP contribution is -2.38. The number of thiazole rings is 1. The zero-order valence-electron chi connectivity index (χ0n) is 21.5. The minimum Gasteiger partial charge on any atom is -0.465 e. The number of aryl methyl sites for hydroxylation is 2. The number of esters is 1. The minimum atomic E-state index is -0.383. The molecule has 0 spiro atoms. The van der Waals surface area contributed by atoms with Crippen molar-refractivity contribution in [2.24, 2.45) is 4.99 Å². The number of H-pyrrole nitrogens is 1. The second kappa shape index (κ2) is 9.06. The van der Waals surface area contributed by atoms with E-state index in [1.54, 1.807) is 12.1 Å². The Morgan fingerprint density at radius 3 is 2.64 bits per heavy atom. The lowest BCUT2D eigenvalue weighted by molar-refractivity contribution is 0.0600. The van der Waals surface area contributed by atoms with E-state index in [2.05, 4.69) is 29.2 Å². The fraction of sp³-hybridized carbons (Fsp3) is 0.156. The van der Waals surface area contributed by atoms with Crippen LogP contribution >= 0.6 is 11.3 Å². The summed E-state index contributed by atoms with van der Waals surface area (Å²) in [6.07, 6.45) is 3.69. The second-order valence-corrected chi connectivity index (χ2v) is 10.9. The number of para-hydroxylation sites is 1. The molecule has 2 aromatic heterocycles. The minimum absolute atomic E-state index is 0.0594. The number of benzene rings is 3. The fourth-order valence-electron chi connectivity index (χ4n) is 5.86. The van der Waals surface area contributed by atoms with Crippen molar-refractivity contribution in [2.75, 3.05) is 7.11 Å². The number of aromatic nitrogens is 2. The van der Waals surface area contributed by atoms with Crippen LogP contribution in [0, 0.1) is 6.92 Å². The topological polar surface area (TPSA) is 76.4 Å². The molecule has 3 aromatic carbocycles. The van der Waals surface area contributed by atoms with Crippen molar-refractivity contribution in [3.63, 3.8) is 0 Å². The number of aromatic amines is 1. The van der Waals surface area contributed by atoms with Gasteiger partial charge in [0.2, 0.25) is 0 Å². The molecule has 1 atom stereocenters. The highest BCUT2D eigenvalue weighted by molar-refractivity contribution is 7.07. The van der Waals surface area contributed by atoms with E-state index in [1.165, 1.54) is 24.0 Å². The van der Waals surface area contributed by atoms with Crippen LogP contribution in [0.5, 0.6) is 0 Å². The van der Waals surface area contributed by atoms with Gasteiger partial charge in [0.1, 0.15) is 0 Å². The zero-order valence-corrected chi connectivity index (χ0v) is 22.3. The number of hydrogen-bond donors (Lipinski definition) is 1. The van der Waals surface area contributed by atoms with E-state index < -0.39 is 0 Å². The van der Waals surface area contributed by atoms with Gasteiger partial charge in [0.05, 0.1) is 28.9 Å². The molecule has 1 unspecified atom stereocenters. The Morgan fingerprint density at radius 1 is 1.05 bits per heavy atom. The quantitative estimate of drug-likeness (QED) is 0.337. The highest BCUT2D eigenvalue weighted by atomic mass is 32.1. The first-order valence-corrected chi connectivity index (χ1v) is 13.7. The van der Waals surface area contributed by atoms with Crippen LogP contribution in [-0.2, 0) is 11.2 Å². The van der Waals surface area contributed by atoms with Crippen molar-refractivity contribution in [3.8, 4) is 0 Å². The predicted molar refractivity (Wildman–Crippen MR) is 154 cm³/mol. The number of rotatable bonds is 3. The molecule has 0 radical (unpaired) electrons. The van der Waals surface area contributed by atoms with Gasteiger partial charge < -0.3 is 9.72 Å². The monoisotopic (exact) mass is 531 g/mol. The zero-order chi connectivity index (χ0) is 26.7. The van der Waals surface area contributed by atoms with E-state index in [0.29, 0.717) is 14.9 Å². The van der Waals surface area contributed by atoms with Gasteiger partial charge in [-0.2, -0.15) is 0 Å². The van der Waals surface area contributed by atoms with E-state index in [0.717, 1.165) is 57.4 Å². The van der Waals surface area contributed by atoms with Gasteiger partial charge in [0.15, 0.2) is 4.80 Å². The Morgan fingerprint density at radius 2 is 1.82 bits per heavy atom. The molecule has 2 aliphatic rings. The van der Waals surface area contributed by atoms with E-state index >= 15 is 0 Å². The fourth-order valence-corrected chi connectivity index (χ4v) is 6.84. The van der Waals surface area contributed by atoms with Crippen molar-refractivity contribution in [1.29, 1.82) is 0 Å². The average Bonchev–Trinajstić information content (AvgIpc) is 3.46. The standard InChI is InChI=1S/C32H25N3O3S/c1-18-25(23-9-5-6-10-26(23)33-18)17-27-30(36)35-29(20-11-13-21(14-12-20)31(37)38-2)24-16-15-19-7-3-4-8-22(19)28(24)34-32(35)39-27/h3-14,17,29,33H,15-16H2,1-2H3/b27-17-. The number of fused-ring (bicyclic) bond motifs is 4. The third kappa shape index (κ3) is 3.72. The molecule has 0 saturated carbocycles. The van der Waals surface area contributed by atoms with Crippen molar-refractivity contribution in [2.45, 2.75) is 25.8 Å². The maximum absolute atomic E-state index is 14.1. The van der Waals surface area contributed by atoms with Crippen LogP contribution in [0.15, 0.2) is 88.2 Å². The normalized spacial score (nSPS) is 16.5. The number of hydrogen-bond acceptors (Lipinski definition) is 5. The summed E-state index contributed by atoms with van der Waals surface area (Å²) in [6.45, 7) is 2.03. The third-order valence-electron chi connectivity index (χ3n) is 7.74. The molecule has 39 heavy (non-hydrogen) atoms. The van der Waals surface area contributed by atoms with Crippen LogP contribution in [0.2, 0.25) is 0 Å². The molecular formula is C32H25N3O3S. The van der Waals surface area contributed by atoms with Gasteiger partial charge in [-0.1, -0.05) is 65.9 Å². The molecule has 7 rings (SSSR count).